The summed E-state index contributed by atoms with van der Waals surface area (Å²) in [5.74, 6) is -0.825. The zero-order chi connectivity index (χ0) is 36.3. The van der Waals surface area contributed by atoms with E-state index in [1.807, 2.05) is 49.4 Å². The molecule has 2 aromatic heterocycles. The number of amides is 2. The Hall–Kier alpha value is -4.12. The molecular weight excluding hydrogens is 677 g/mol. The van der Waals surface area contributed by atoms with Crippen LogP contribution < -0.4 is 9.46 Å². The standard InChI is InChI=1S/C41H48N4O6S/c1-27-36-32(31-15-8-9-16-33(31)43-27)17-18-40(51-36)24-34-35(46)25-41(38(48)44-52(49,50)39(2)19-20-39)23-29(41)13-7-5-3-4-6-12-28(37(47)45(34)26-40)22-30-14-10-11-21-42-30/h7-11,13-16,21,28-29,34H,3-6,12,17-20,22-26H2,1-2H3,(H,44,48)/b13-7-/t28-,29-,34+,40-,41-/m1/s1. The van der Waals surface area contributed by atoms with Gasteiger partial charge in [-0.1, -0.05) is 49.3 Å². The molecule has 274 valence electrons. The van der Waals surface area contributed by atoms with Crippen LogP contribution in [0, 0.1) is 24.2 Å². The summed E-state index contributed by atoms with van der Waals surface area (Å²) in [5, 5.41) is 1.05. The number of hydrogen-bond donors (Lipinski definition) is 1. The van der Waals surface area contributed by atoms with Crippen LogP contribution >= 0.6 is 0 Å². The Kier molecular flexibility index (Phi) is 8.78. The van der Waals surface area contributed by atoms with Gasteiger partial charge in [0.15, 0.2) is 5.78 Å². The van der Waals surface area contributed by atoms with Crippen molar-refractivity contribution in [2.45, 2.75) is 114 Å². The number of aromatic nitrogens is 2. The van der Waals surface area contributed by atoms with Crippen LogP contribution in [0.2, 0.25) is 0 Å². The lowest BCUT2D eigenvalue weighted by molar-refractivity contribution is -0.142. The molecule has 0 radical (unpaired) electrons. The SMILES string of the molecule is Cc1nc2ccccc2c2c1O[C@]1(CC2)C[C@H]2C(=O)C[C@]3(C(=O)NS(=O)(=O)C4(C)CC4)C[C@H]3/C=C\CCCCC[C@H](Cc3ccccn3)C(=O)N2C1. The summed E-state index contributed by atoms with van der Waals surface area (Å²) >= 11 is 0. The van der Waals surface area contributed by atoms with Crippen molar-refractivity contribution in [3.8, 4) is 5.75 Å². The lowest BCUT2D eigenvalue weighted by Crippen LogP contribution is -2.48. The number of ketones is 1. The van der Waals surface area contributed by atoms with Crippen LogP contribution in [-0.2, 0) is 37.2 Å². The molecule has 52 heavy (non-hydrogen) atoms. The van der Waals surface area contributed by atoms with E-state index in [1.165, 1.54) is 0 Å². The summed E-state index contributed by atoms with van der Waals surface area (Å²) in [6.45, 7) is 3.84. The monoisotopic (exact) mass is 724 g/mol. The number of sulfonamides is 1. The molecule has 0 unspecified atom stereocenters. The lowest BCUT2D eigenvalue weighted by atomic mass is 9.85. The third kappa shape index (κ3) is 6.32. The number of Topliss-reactive ketones (excluding diaryl/α,β-unsaturated/α-hetero) is 1. The van der Waals surface area contributed by atoms with Gasteiger partial charge in [0.25, 0.3) is 0 Å². The van der Waals surface area contributed by atoms with E-state index in [2.05, 4.69) is 21.8 Å². The van der Waals surface area contributed by atoms with Crippen LogP contribution in [0.15, 0.2) is 60.8 Å². The zero-order valence-electron chi connectivity index (χ0n) is 30.1. The maximum absolute atomic E-state index is 14.8. The van der Waals surface area contributed by atoms with E-state index in [0.29, 0.717) is 44.9 Å². The maximum atomic E-state index is 14.8. The van der Waals surface area contributed by atoms with E-state index in [9.17, 15) is 22.8 Å². The second kappa shape index (κ2) is 13.1. The fraction of sp³-hybridized carbons (Fsp3) is 0.537. The first-order chi connectivity index (χ1) is 24.9. The molecular formula is C41H48N4O6S. The number of carbonyl (C=O) groups excluding carboxylic acids is 3. The zero-order valence-corrected chi connectivity index (χ0v) is 30.9. The molecule has 1 aromatic carbocycles. The summed E-state index contributed by atoms with van der Waals surface area (Å²) in [7, 11) is -3.90. The summed E-state index contributed by atoms with van der Waals surface area (Å²) in [6, 6.07) is 12.9. The minimum absolute atomic E-state index is 0.0910. The smallest absolute Gasteiger partial charge is 0.240 e. The summed E-state index contributed by atoms with van der Waals surface area (Å²) in [4.78, 5) is 54.7. The van der Waals surface area contributed by atoms with Crippen molar-refractivity contribution in [2.24, 2.45) is 17.3 Å². The van der Waals surface area contributed by atoms with Crippen LogP contribution in [0.1, 0.15) is 94.5 Å². The van der Waals surface area contributed by atoms with Gasteiger partial charge in [-0.2, -0.15) is 0 Å². The number of rotatable bonds is 5. The number of para-hydroxylation sites is 1. The number of nitrogens with one attached hydrogen (secondary N) is 1. The van der Waals surface area contributed by atoms with Gasteiger partial charge < -0.3 is 9.64 Å². The molecule has 2 aliphatic carbocycles. The van der Waals surface area contributed by atoms with Gasteiger partial charge in [-0.15, -0.1) is 0 Å². The predicted octanol–water partition coefficient (Wildman–Crippen LogP) is 5.95. The Labute approximate surface area is 305 Å². The molecule has 3 aromatic rings. The normalized spacial score (nSPS) is 30.7. The Balaban J connectivity index is 1.14. The molecule has 5 atom stereocenters. The molecule has 3 aliphatic heterocycles. The number of allylic oxidation sites excluding steroid dienone is 2. The van der Waals surface area contributed by atoms with Crippen molar-refractivity contribution < 1.29 is 27.5 Å². The number of pyridine rings is 2. The van der Waals surface area contributed by atoms with E-state index in [1.54, 1.807) is 18.0 Å². The number of benzene rings is 1. The second-order valence-corrected chi connectivity index (χ2v) is 18.5. The number of fused-ring (bicyclic) bond motifs is 5. The van der Waals surface area contributed by atoms with E-state index in [4.69, 9.17) is 9.72 Å². The first-order valence-corrected chi connectivity index (χ1v) is 20.4. The van der Waals surface area contributed by atoms with Gasteiger partial charge in [0.05, 0.1) is 34.0 Å². The van der Waals surface area contributed by atoms with Gasteiger partial charge >= 0.3 is 0 Å². The average molecular weight is 725 g/mol. The number of hydrogen-bond acceptors (Lipinski definition) is 8. The van der Waals surface area contributed by atoms with E-state index in [-0.39, 0.29) is 36.5 Å². The predicted molar refractivity (Wildman–Crippen MR) is 197 cm³/mol. The molecule has 10 nitrogen and oxygen atoms in total. The Morgan fingerprint density at radius 2 is 1.85 bits per heavy atom. The van der Waals surface area contributed by atoms with Crippen LogP contribution in [-0.4, -0.2) is 63.8 Å². The second-order valence-electron chi connectivity index (χ2n) is 16.3. The number of carbonyl (C=O) groups is 3. The van der Waals surface area contributed by atoms with Crippen LogP contribution in [0.25, 0.3) is 10.9 Å². The van der Waals surface area contributed by atoms with Crippen molar-refractivity contribution in [1.82, 2.24) is 19.6 Å². The fourth-order valence-corrected chi connectivity index (χ4v) is 10.2. The molecule has 0 bridgehead atoms. The van der Waals surface area contributed by atoms with E-state index >= 15 is 0 Å². The summed E-state index contributed by atoms with van der Waals surface area (Å²) in [6.07, 6.45) is 13.4. The highest BCUT2D eigenvalue weighted by Gasteiger charge is 2.63. The first kappa shape index (κ1) is 34.9. The average Bonchev–Trinajstić information content (AvgIpc) is 4.02. The van der Waals surface area contributed by atoms with Gasteiger partial charge in [0.2, 0.25) is 21.8 Å². The number of aryl methyl sites for hydroxylation is 2. The quantitative estimate of drug-likeness (QED) is 0.319. The topological polar surface area (TPSA) is 136 Å². The fourth-order valence-electron chi connectivity index (χ4n) is 8.88. The molecule has 11 heteroatoms. The highest BCUT2D eigenvalue weighted by atomic mass is 32.2. The highest BCUT2D eigenvalue weighted by Crippen LogP contribution is 2.58. The van der Waals surface area contributed by atoms with Crippen molar-refractivity contribution in [3.05, 3.63) is 77.8 Å². The van der Waals surface area contributed by atoms with Gasteiger partial charge in [-0.05, 0) is 89.3 Å². The van der Waals surface area contributed by atoms with Crippen LogP contribution in [0.4, 0.5) is 0 Å². The highest BCUT2D eigenvalue weighted by molar-refractivity contribution is 7.91. The van der Waals surface area contributed by atoms with Gasteiger partial charge in [-0.3, -0.25) is 24.1 Å². The molecule has 1 N–H and O–H groups in total. The molecule has 3 fully saturated rings. The Bertz CT molecular complexity index is 2060. The van der Waals surface area contributed by atoms with Crippen molar-refractivity contribution in [1.29, 1.82) is 0 Å². The maximum Gasteiger partial charge on any atom is 0.240 e. The molecule has 2 amide bonds. The van der Waals surface area contributed by atoms with Crippen LogP contribution in [0.3, 0.4) is 0 Å². The largest absolute Gasteiger partial charge is 0.483 e. The van der Waals surface area contributed by atoms with Crippen LogP contribution in [0.5, 0.6) is 5.75 Å². The van der Waals surface area contributed by atoms with E-state index in [0.717, 1.165) is 65.7 Å². The summed E-state index contributed by atoms with van der Waals surface area (Å²) in [5.41, 5.74) is 1.63. The van der Waals surface area contributed by atoms with Gasteiger partial charge in [0, 0.05) is 48.0 Å². The lowest BCUT2D eigenvalue weighted by Gasteiger charge is -2.36. The Morgan fingerprint density at radius 3 is 2.63 bits per heavy atom. The third-order valence-electron chi connectivity index (χ3n) is 12.6. The molecule has 2 saturated carbocycles. The van der Waals surface area contributed by atoms with Crippen molar-refractivity contribution >= 4 is 38.5 Å². The minimum atomic E-state index is -3.90. The number of ether oxygens (including phenoxy) is 1. The molecule has 5 aliphatic rings. The molecule has 8 rings (SSSR count). The van der Waals surface area contributed by atoms with Crippen molar-refractivity contribution in [3.63, 3.8) is 0 Å². The molecule has 5 heterocycles. The summed E-state index contributed by atoms with van der Waals surface area (Å²) < 4.78 is 34.8. The Morgan fingerprint density at radius 1 is 1.04 bits per heavy atom. The molecule has 1 saturated heterocycles. The van der Waals surface area contributed by atoms with Gasteiger partial charge in [-0.25, -0.2) is 13.4 Å². The molecule has 1 spiro atoms. The number of nitrogens with zero attached hydrogens (tertiary/aromatic N) is 3. The minimum Gasteiger partial charge on any atom is -0.483 e. The van der Waals surface area contributed by atoms with Crippen molar-refractivity contribution in [2.75, 3.05) is 6.54 Å². The third-order valence-corrected chi connectivity index (χ3v) is 14.7. The van der Waals surface area contributed by atoms with E-state index < -0.39 is 37.7 Å². The van der Waals surface area contributed by atoms with Gasteiger partial charge in [0.1, 0.15) is 11.4 Å². The first-order valence-electron chi connectivity index (χ1n) is 19.0.